The SMILES string of the molecule is COc1ccc(CC(=O)NC(Cc2ccc3c(c2)OCO3)C(=O)NC(C)c2ccccc2)cc1. The second kappa shape index (κ2) is 10.7. The maximum atomic E-state index is 13.2. The molecule has 1 heterocycles. The summed E-state index contributed by atoms with van der Waals surface area (Å²) >= 11 is 0. The van der Waals surface area contributed by atoms with Crippen LogP contribution >= 0.6 is 0 Å². The second-order valence-electron chi connectivity index (χ2n) is 8.18. The highest BCUT2D eigenvalue weighted by Crippen LogP contribution is 2.32. The van der Waals surface area contributed by atoms with Crippen LogP contribution in [0.2, 0.25) is 0 Å². The van der Waals surface area contributed by atoms with Crippen LogP contribution in [-0.2, 0) is 22.4 Å². The first-order valence-electron chi connectivity index (χ1n) is 11.2. The smallest absolute Gasteiger partial charge is 0.243 e. The second-order valence-corrected chi connectivity index (χ2v) is 8.18. The van der Waals surface area contributed by atoms with Crippen LogP contribution < -0.4 is 24.8 Å². The van der Waals surface area contributed by atoms with Gasteiger partial charge in [-0.05, 0) is 47.9 Å². The molecule has 2 atom stereocenters. The van der Waals surface area contributed by atoms with Crippen molar-refractivity contribution in [1.82, 2.24) is 10.6 Å². The number of ether oxygens (including phenoxy) is 3. The number of fused-ring (bicyclic) bond motifs is 1. The van der Waals surface area contributed by atoms with Crippen molar-refractivity contribution in [2.24, 2.45) is 0 Å². The summed E-state index contributed by atoms with van der Waals surface area (Å²) in [6.45, 7) is 2.10. The van der Waals surface area contributed by atoms with Crippen molar-refractivity contribution < 1.29 is 23.8 Å². The molecule has 7 nitrogen and oxygen atoms in total. The van der Waals surface area contributed by atoms with Gasteiger partial charge in [0.25, 0.3) is 0 Å². The number of hydrogen-bond acceptors (Lipinski definition) is 5. The predicted molar refractivity (Wildman–Crippen MR) is 128 cm³/mol. The van der Waals surface area contributed by atoms with E-state index in [1.165, 1.54) is 0 Å². The largest absolute Gasteiger partial charge is 0.497 e. The first-order chi connectivity index (χ1) is 16.5. The molecule has 0 spiro atoms. The standard InChI is InChI=1S/C27H28N2O5/c1-18(21-6-4-3-5-7-21)28-27(31)23(14-20-10-13-24-25(15-20)34-17-33-24)29-26(30)16-19-8-11-22(32-2)12-9-19/h3-13,15,18,23H,14,16-17H2,1-2H3,(H,28,31)(H,29,30). The fraction of sp³-hybridized carbons (Fsp3) is 0.259. The molecule has 34 heavy (non-hydrogen) atoms. The first-order valence-corrected chi connectivity index (χ1v) is 11.2. The quantitative estimate of drug-likeness (QED) is 0.510. The number of benzene rings is 3. The molecule has 1 aliphatic rings. The maximum Gasteiger partial charge on any atom is 0.243 e. The molecular weight excluding hydrogens is 432 g/mol. The van der Waals surface area contributed by atoms with E-state index < -0.39 is 6.04 Å². The van der Waals surface area contributed by atoms with E-state index in [4.69, 9.17) is 14.2 Å². The van der Waals surface area contributed by atoms with Gasteiger partial charge in [-0.1, -0.05) is 48.5 Å². The van der Waals surface area contributed by atoms with Gasteiger partial charge in [-0.15, -0.1) is 0 Å². The number of rotatable bonds is 9. The van der Waals surface area contributed by atoms with Crippen molar-refractivity contribution in [3.8, 4) is 17.2 Å². The lowest BCUT2D eigenvalue weighted by Crippen LogP contribution is -2.49. The van der Waals surface area contributed by atoms with E-state index in [0.29, 0.717) is 17.9 Å². The molecule has 0 aromatic heterocycles. The van der Waals surface area contributed by atoms with E-state index in [9.17, 15) is 9.59 Å². The van der Waals surface area contributed by atoms with Crippen LogP contribution in [0, 0.1) is 0 Å². The zero-order chi connectivity index (χ0) is 23.9. The molecular formula is C27H28N2O5. The monoisotopic (exact) mass is 460 g/mol. The summed E-state index contributed by atoms with van der Waals surface area (Å²) in [4.78, 5) is 26.1. The molecule has 176 valence electrons. The van der Waals surface area contributed by atoms with Crippen LogP contribution in [0.25, 0.3) is 0 Å². The molecule has 2 unspecified atom stereocenters. The topological polar surface area (TPSA) is 85.9 Å². The molecule has 0 bridgehead atoms. The van der Waals surface area contributed by atoms with E-state index in [0.717, 1.165) is 22.4 Å². The molecule has 0 aliphatic carbocycles. The van der Waals surface area contributed by atoms with Gasteiger partial charge in [-0.3, -0.25) is 9.59 Å². The maximum absolute atomic E-state index is 13.2. The number of methoxy groups -OCH3 is 1. The summed E-state index contributed by atoms with van der Waals surface area (Å²) in [6.07, 6.45) is 0.474. The van der Waals surface area contributed by atoms with Gasteiger partial charge in [0.1, 0.15) is 11.8 Å². The normalized spacial score (nSPS) is 13.6. The van der Waals surface area contributed by atoms with Crippen molar-refractivity contribution in [1.29, 1.82) is 0 Å². The van der Waals surface area contributed by atoms with Gasteiger partial charge in [-0.25, -0.2) is 0 Å². The molecule has 0 fully saturated rings. The van der Waals surface area contributed by atoms with Crippen LogP contribution in [0.4, 0.5) is 0 Å². The van der Waals surface area contributed by atoms with Crippen molar-refractivity contribution in [2.75, 3.05) is 13.9 Å². The Bertz CT molecular complexity index is 1130. The van der Waals surface area contributed by atoms with Gasteiger partial charge in [-0.2, -0.15) is 0 Å². The number of amides is 2. The molecule has 3 aromatic carbocycles. The molecule has 7 heteroatoms. The Labute approximate surface area is 199 Å². The molecule has 0 saturated heterocycles. The van der Waals surface area contributed by atoms with Crippen LogP contribution in [0.1, 0.15) is 29.7 Å². The fourth-order valence-corrected chi connectivity index (χ4v) is 3.83. The van der Waals surface area contributed by atoms with Gasteiger partial charge in [0.15, 0.2) is 11.5 Å². The van der Waals surface area contributed by atoms with Crippen LogP contribution in [0.5, 0.6) is 17.2 Å². The molecule has 3 aromatic rings. The van der Waals surface area contributed by atoms with Gasteiger partial charge in [0.05, 0.1) is 19.6 Å². The molecule has 0 radical (unpaired) electrons. The minimum Gasteiger partial charge on any atom is -0.497 e. The average molecular weight is 461 g/mol. The Kier molecular flexibility index (Phi) is 7.32. The highest BCUT2D eigenvalue weighted by Gasteiger charge is 2.24. The highest BCUT2D eigenvalue weighted by atomic mass is 16.7. The third kappa shape index (κ3) is 5.86. The van der Waals surface area contributed by atoms with E-state index in [-0.39, 0.29) is 31.1 Å². The van der Waals surface area contributed by atoms with Gasteiger partial charge >= 0.3 is 0 Å². The first kappa shape index (κ1) is 23.2. The minimum absolute atomic E-state index is 0.156. The minimum atomic E-state index is -0.753. The van der Waals surface area contributed by atoms with E-state index >= 15 is 0 Å². The fourth-order valence-electron chi connectivity index (χ4n) is 3.83. The molecule has 1 aliphatic heterocycles. The van der Waals surface area contributed by atoms with Gasteiger partial charge in [0, 0.05) is 6.42 Å². The number of carbonyl (C=O) groups excluding carboxylic acids is 2. The zero-order valence-corrected chi connectivity index (χ0v) is 19.2. The third-order valence-corrected chi connectivity index (χ3v) is 5.71. The van der Waals surface area contributed by atoms with Crippen LogP contribution in [0.15, 0.2) is 72.8 Å². The Morgan fingerprint density at radius 3 is 2.35 bits per heavy atom. The summed E-state index contributed by atoms with van der Waals surface area (Å²) in [7, 11) is 1.59. The summed E-state index contributed by atoms with van der Waals surface area (Å²) < 4.78 is 16.0. The lowest BCUT2D eigenvalue weighted by Gasteiger charge is -2.22. The highest BCUT2D eigenvalue weighted by molar-refractivity contribution is 5.89. The molecule has 2 amide bonds. The van der Waals surface area contributed by atoms with Gasteiger partial charge in [0.2, 0.25) is 18.6 Å². The number of nitrogens with one attached hydrogen (secondary N) is 2. The molecule has 2 N–H and O–H groups in total. The summed E-state index contributed by atoms with van der Waals surface area (Å²) in [6, 6.07) is 21.6. The van der Waals surface area contributed by atoms with E-state index in [2.05, 4.69) is 10.6 Å². The average Bonchev–Trinajstić information content (AvgIpc) is 3.32. The Morgan fingerprint density at radius 2 is 1.62 bits per heavy atom. The van der Waals surface area contributed by atoms with Crippen molar-refractivity contribution in [3.05, 3.63) is 89.5 Å². The Morgan fingerprint density at radius 1 is 0.912 bits per heavy atom. The summed E-state index contributed by atoms with van der Waals surface area (Å²) in [5.41, 5.74) is 2.68. The molecule has 4 rings (SSSR count). The van der Waals surface area contributed by atoms with E-state index in [1.807, 2.05) is 67.6 Å². The lowest BCUT2D eigenvalue weighted by molar-refractivity contribution is -0.129. The lowest BCUT2D eigenvalue weighted by atomic mass is 10.0. The Balaban J connectivity index is 1.47. The molecule has 0 saturated carbocycles. The van der Waals surface area contributed by atoms with Crippen molar-refractivity contribution >= 4 is 11.8 Å². The summed E-state index contributed by atoms with van der Waals surface area (Å²) in [5, 5.41) is 5.94. The van der Waals surface area contributed by atoms with Crippen LogP contribution in [-0.4, -0.2) is 31.8 Å². The van der Waals surface area contributed by atoms with Crippen molar-refractivity contribution in [2.45, 2.75) is 31.8 Å². The number of carbonyl (C=O) groups is 2. The van der Waals surface area contributed by atoms with E-state index in [1.54, 1.807) is 19.2 Å². The van der Waals surface area contributed by atoms with Crippen molar-refractivity contribution in [3.63, 3.8) is 0 Å². The summed E-state index contributed by atoms with van der Waals surface area (Å²) in [5.74, 6) is 1.54. The third-order valence-electron chi connectivity index (χ3n) is 5.71. The zero-order valence-electron chi connectivity index (χ0n) is 19.2. The predicted octanol–water partition coefficient (Wildman–Crippen LogP) is 3.57. The Hall–Kier alpha value is -4.00. The van der Waals surface area contributed by atoms with Crippen LogP contribution in [0.3, 0.4) is 0 Å². The van der Waals surface area contributed by atoms with Gasteiger partial charge < -0.3 is 24.8 Å². The number of hydrogen-bond donors (Lipinski definition) is 2.